The molecule has 2 atom stereocenters. The first-order valence-corrected chi connectivity index (χ1v) is 11.9. The van der Waals surface area contributed by atoms with Crippen LogP contribution in [-0.4, -0.2) is 38.3 Å². The number of nitrogens with zero attached hydrogens (tertiary/aromatic N) is 2. The zero-order chi connectivity index (χ0) is 22.5. The second-order valence-corrected chi connectivity index (χ2v) is 12.8. The van der Waals surface area contributed by atoms with E-state index >= 15 is 0 Å². The first-order valence-electron chi connectivity index (χ1n) is 10.3. The van der Waals surface area contributed by atoms with Crippen molar-refractivity contribution in [1.29, 1.82) is 0 Å². The molecule has 1 heterocycles. The Morgan fingerprint density at radius 2 is 1.93 bits per heavy atom. The van der Waals surface area contributed by atoms with Gasteiger partial charge in [0.1, 0.15) is 27.5 Å². The minimum Gasteiger partial charge on any atom is -0.444 e. The Bertz CT molecular complexity index is 1010. The molecule has 0 bridgehead atoms. The maximum Gasteiger partial charge on any atom is 0.413 e. The summed E-state index contributed by atoms with van der Waals surface area (Å²) in [5.74, 6) is -0.124. The largest absolute Gasteiger partial charge is 0.444 e. The number of amidine groups is 1. The first kappa shape index (κ1) is 22.7. The van der Waals surface area contributed by atoms with Gasteiger partial charge in [-0.15, -0.1) is 0 Å². The molecule has 1 N–H and O–H groups in total. The highest BCUT2D eigenvalue weighted by atomic mass is 32.2. The lowest BCUT2D eigenvalue weighted by Crippen LogP contribution is -2.58. The maximum atomic E-state index is 14.8. The van der Waals surface area contributed by atoms with Crippen LogP contribution in [0.5, 0.6) is 0 Å². The van der Waals surface area contributed by atoms with E-state index in [9.17, 15) is 13.4 Å². The molecule has 1 amide bonds. The SMILES string of the molecule is Cc1ccc(F)c([C@]2(C)CS(=O)(=NC3CC3)C(C)(C)C(NC(=O)OC(C)(C)C)=N2)c1. The maximum absolute atomic E-state index is 14.8. The van der Waals surface area contributed by atoms with Gasteiger partial charge >= 0.3 is 6.09 Å². The van der Waals surface area contributed by atoms with Crippen LogP contribution in [0.2, 0.25) is 0 Å². The predicted octanol–water partition coefficient (Wildman–Crippen LogP) is 4.70. The molecule has 6 nitrogen and oxygen atoms in total. The van der Waals surface area contributed by atoms with Crippen LogP contribution in [0.15, 0.2) is 27.6 Å². The van der Waals surface area contributed by atoms with Gasteiger partial charge in [0, 0.05) is 5.56 Å². The molecular formula is C22H32FN3O3S. The van der Waals surface area contributed by atoms with Crippen molar-refractivity contribution in [3.63, 3.8) is 0 Å². The number of alkyl carbamates (subject to hydrolysis) is 1. The molecule has 0 aromatic heterocycles. The quantitative estimate of drug-likeness (QED) is 0.728. The molecule has 1 fully saturated rings. The number of aryl methyl sites for hydroxylation is 1. The van der Waals surface area contributed by atoms with Crippen molar-refractivity contribution in [2.75, 3.05) is 5.75 Å². The molecule has 0 spiro atoms. The van der Waals surface area contributed by atoms with Crippen LogP contribution in [0, 0.1) is 12.7 Å². The van der Waals surface area contributed by atoms with Gasteiger partial charge in [-0.2, -0.15) is 0 Å². The Kier molecular flexibility index (Phi) is 5.55. The number of carbonyl (C=O) groups is 1. The summed E-state index contributed by atoms with van der Waals surface area (Å²) in [5, 5.41) is 2.70. The molecule has 30 heavy (non-hydrogen) atoms. The Morgan fingerprint density at radius 1 is 1.30 bits per heavy atom. The summed E-state index contributed by atoms with van der Waals surface area (Å²) in [7, 11) is -2.87. The van der Waals surface area contributed by atoms with E-state index in [-0.39, 0.29) is 17.6 Å². The molecule has 1 aliphatic heterocycles. The van der Waals surface area contributed by atoms with Crippen molar-refractivity contribution in [3.8, 4) is 0 Å². The lowest BCUT2D eigenvalue weighted by molar-refractivity contribution is 0.0560. The molecule has 0 radical (unpaired) electrons. The molecule has 1 unspecified atom stereocenters. The number of carbonyl (C=O) groups excluding carboxylic acids is 1. The lowest BCUT2D eigenvalue weighted by Gasteiger charge is -2.42. The standard InChI is InChI=1S/C22H32FN3O3S/c1-14-8-11-17(23)16(12-14)22(7)13-30(28,26-15-9-10-15)21(5,6)18(25-22)24-19(27)29-20(2,3)4/h8,11-12,15H,9-10,13H2,1-7H3,(H,24,25,27)/t22-,30?/m0/s1. The van der Waals surface area contributed by atoms with Gasteiger partial charge in [-0.25, -0.2) is 17.8 Å². The smallest absolute Gasteiger partial charge is 0.413 e. The second-order valence-electron chi connectivity index (χ2n) is 9.98. The van der Waals surface area contributed by atoms with Crippen molar-refractivity contribution >= 4 is 21.7 Å². The molecular weight excluding hydrogens is 405 g/mol. The van der Waals surface area contributed by atoms with Crippen LogP contribution < -0.4 is 5.32 Å². The van der Waals surface area contributed by atoms with Crippen LogP contribution in [-0.2, 0) is 20.0 Å². The molecule has 1 aliphatic carbocycles. The highest BCUT2D eigenvalue weighted by Crippen LogP contribution is 2.41. The summed E-state index contributed by atoms with van der Waals surface area (Å²) in [6.07, 6.45) is 1.11. The van der Waals surface area contributed by atoms with E-state index in [1.165, 1.54) is 6.07 Å². The topological polar surface area (TPSA) is 80.1 Å². The number of aliphatic imine (C=N–C) groups is 1. The van der Waals surface area contributed by atoms with Gasteiger partial charge in [-0.05, 0) is 67.4 Å². The van der Waals surface area contributed by atoms with E-state index in [2.05, 4.69) is 9.68 Å². The van der Waals surface area contributed by atoms with Gasteiger partial charge in [0.15, 0.2) is 0 Å². The summed E-state index contributed by atoms with van der Waals surface area (Å²) in [4.78, 5) is 17.3. The van der Waals surface area contributed by atoms with Crippen LogP contribution in [0.25, 0.3) is 0 Å². The normalized spacial score (nSPS) is 28.5. The van der Waals surface area contributed by atoms with E-state index in [1.807, 2.05) is 6.92 Å². The summed E-state index contributed by atoms with van der Waals surface area (Å²) in [5.41, 5.74) is -0.610. The van der Waals surface area contributed by atoms with Gasteiger partial charge in [0.25, 0.3) is 0 Å². The van der Waals surface area contributed by atoms with Crippen LogP contribution >= 0.6 is 0 Å². The predicted molar refractivity (Wildman–Crippen MR) is 118 cm³/mol. The molecule has 8 heteroatoms. The average Bonchev–Trinajstić information content (AvgIpc) is 3.37. The third kappa shape index (κ3) is 4.53. The number of hydrogen-bond donors (Lipinski definition) is 1. The molecule has 0 saturated heterocycles. The number of halogens is 1. The number of hydrogen-bond acceptors (Lipinski definition) is 5. The first-order chi connectivity index (χ1) is 13.7. The zero-order valence-corrected chi connectivity index (χ0v) is 19.7. The van der Waals surface area contributed by atoms with Gasteiger partial charge in [-0.3, -0.25) is 10.3 Å². The van der Waals surface area contributed by atoms with Crippen molar-refractivity contribution in [1.82, 2.24) is 5.32 Å². The van der Waals surface area contributed by atoms with Crippen molar-refractivity contribution in [2.24, 2.45) is 9.36 Å². The van der Waals surface area contributed by atoms with E-state index in [0.29, 0.717) is 5.56 Å². The Morgan fingerprint density at radius 3 is 2.50 bits per heavy atom. The van der Waals surface area contributed by atoms with E-state index in [0.717, 1.165) is 18.4 Å². The fourth-order valence-electron chi connectivity index (χ4n) is 3.48. The van der Waals surface area contributed by atoms with Gasteiger partial charge in [-0.1, -0.05) is 17.7 Å². The molecule has 1 aromatic rings. The minimum absolute atomic E-state index is 0.0456. The summed E-state index contributed by atoms with van der Waals surface area (Å²) in [6.45, 7) is 12.4. The van der Waals surface area contributed by atoms with Crippen molar-refractivity contribution < 1.29 is 18.1 Å². The summed E-state index contributed by atoms with van der Waals surface area (Å²) < 4.78 is 38.1. The fraction of sp³-hybridized carbons (Fsp3) is 0.636. The number of benzene rings is 1. The van der Waals surface area contributed by atoms with Gasteiger partial charge in [0.05, 0.1) is 21.5 Å². The van der Waals surface area contributed by atoms with Crippen LogP contribution in [0.4, 0.5) is 9.18 Å². The van der Waals surface area contributed by atoms with E-state index in [4.69, 9.17) is 9.73 Å². The zero-order valence-electron chi connectivity index (χ0n) is 18.8. The highest BCUT2D eigenvalue weighted by molar-refractivity contribution is 7.95. The minimum atomic E-state index is -2.87. The lowest BCUT2D eigenvalue weighted by atomic mass is 9.92. The van der Waals surface area contributed by atoms with E-state index < -0.39 is 37.5 Å². The monoisotopic (exact) mass is 437 g/mol. The van der Waals surface area contributed by atoms with Crippen molar-refractivity contribution in [2.45, 2.75) is 83.2 Å². The second kappa shape index (κ2) is 7.32. The van der Waals surface area contributed by atoms with Crippen LogP contribution in [0.3, 0.4) is 0 Å². The number of rotatable bonds is 2. The molecule has 1 saturated carbocycles. The Labute approximate surface area is 178 Å². The number of nitrogens with one attached hydrogen (secondary N) is 1. The van der Waals surface area contributed by atoms with Gasteiger partial charge in [0.2, 0.25) is 0 Å². The fourth-order valence-corrected chi connectivity index (χ4v) is 6.26. The average molecular weight is 438 g/mol. The highest BCUT2D eigenvalue weighted by Gasteiger charge is 2.50. The third-order valence-electron chi connectivity index (χ3n) is 5.39. The molecule has 3 rings (SSSR count). The van der Waals surface area contributed by atoms with E-state index in [1.54, 1.807) is 53.7 Å². The molecule has 166 valence electrons. The summed E-state index contributed by atoms with van der Waals surface area (Å²) >= 11 is 0. The number of ether oxygens (including phenoxy) is 1. The third-order valence-corrected chi connectivity index (χ3v) is 8.77. The number of amides is 1. The molecule has 2 aliphatic rings. The van der Waals surface area contributed by atoms with Crippen molar-refractivity contribution in [3.05, 3.63) is 35.1 Å². The Balaban J connectivity index is 2.14. The van der Waals surface area contributed by atoms with Crippen LogP contribution in [0.1, 0.15) is 65.5 Å². The molecule has 1 aromatic carbocycles. The summed E-state index contributed by atoms with van der Waals surface area (Å²) in [6, 6.07) is 4.85. The van der Waals surface area contributed by atoms with Gasteiger partial charge < -0.3 is 4.74 Å². The Hall–Kier alpha value is -1.96.